The predicted octanol–water partition coefficient (Wildman–Crippen LogP) is 2.76. The molecule has 0 spiro atoms. The first-order valence-corrected chi connectivity index (χ1v) is 8.91. The minimum Gasteiger partial charge on any atom is -0.314 e. The van der Waals surface area contributed by atoms with E-state index in [2.05, 4.69) is 5.32 Å². The molecule has 1 saturated heterocycles. The number of hydrogen-bond acceptors (Lipinski definition) is 3. The molecule has 1 aliphatic heterocycles. The van der Waals surface area contributed by atoms with Crippen LogP contribution in [0.25, 0.3) is 11.1 Å². The van der Waals surface area contributed by atoms with E-state index < -0.39 is 10.0 Å². The summed E-state index contributed by atoms with van der Waals surface area (Å²) in [5, 5.41) is 3.22. The molecule has 0 aliphatic carbocycles. The molecule has 1 atom stereocenters. The van der Waals surface area contributed by atoms with Crippen LogP contribution in [0.2, 0.25) is 0 Å². The van der Waals surface area contributed by atoms with Crippen molar-refractivity contribution in [3.8, 4) is 11.1 Å². The third-order valence-electron chi connectivity index (χ3n) is 3.99. The molecule has 2 aromatic carbocycles. The van der Waals surface area contributed by atoms with Crippen LogP contribution in [-0.2, 0) is 10.0 Å². The van der Waals surface area contributed by atoms with E-state index in [1.165, 1.54) is 0 Å². The van der Waals surface area contributed by atoms with E-state index in [1.807, 2.05) is 49.4 Å². The van der Waals surface area contributed by atoms with Crippen molar-refractivity contribution in [1.29, 1.82) is 0 Å². The average Bonchev–Trinajstić information content (AvgIpc) is 2.56. The fourth-order valence-corrected chi connectivity index (χ4v) is 4.46. The lowest BCUT2D eigenvalue weighted by molar-refractivity contribution is 0.284. The van der Waals surface area contributed by atoms with Gasteiger partial charge in [-0.2, -0.15) is 4.31 Å². The Morgan fingerprint density at radius 1 is 1.04 bits per heavy atom. The molecule has 1 heterocycles. The maximum absolute atomic E-state index is 12.9. The lowest BCUT2D eigenvalue weighted by Crippen LogP contribution is -2.52. The summed E-state index contributed by atoms with van der Waals surface area (Å²) in [6.07, 6.45) is 0. The second-order valence-electron chi connectivity index (χ2n) is 5.56. The zero-order valence-corrected chi connectivity index (χ0v) is 14.6. The van der Waals surface area contributed by atoms with Gasteiger partial charge in [0, 0.05) is 25.7 Å². The first-order valence-electron chi connectivity index (χ1n) is 7.47. The summed E-state index contributed by atoms with van der Waals surface area (Å²) in [4.78, 5) is 0.364. The highest BCUT2D eigenvalue weighted by atomic mass is 35.5. The van der Waals surface area contributed by atoms with Crippen LogP contribution in [0, 0.1) is 0 Å². The Balaban J connectivity index is 0.00000192. The number of nitrogens with one attached hydrogen (secondary N) is 1. The number of rotatable bonds is 3. The standard InChI is InChI=1S/C17H20N2O2S.ClH/c1-14-13-18-10-11-19(14)22(20,21)17-9-5-8-16(12-17)15-6-3-2-4-7-15;/h2-9,12,14,18H,10-11,13H2,1H3;1H/t14-;/m0./s1. The first-order chi connectivity index (χ1) is 10.6. The van der Waals surface area contributed by atoms with E-state index in [0.717, 1.165) is 11.1 Å². The lowest BCUT2D eigenvalue weighted by atomic mass is 10.1. The third kappa shape index (κ3) is 3.75. The Kier molecular flexibility index (Phi) is 5.81. The second kappa shape index (κ2) is 7.45. The van der Waals surface area contributed by atoms with Crippen molar-refractivity contribution in [2.24, 2.45) is 0 Å². The van der Waals surface area contributed by atoms with E-state index >= 15 is 0 Å². The molecule has 2 aromatic rings. The topological polar surface area (TPSA) is 49.4 Å². The Bertz CT molecular complexity index is 750. The van der Waals surface area contributed by atoms with Crippen molar-refractivity contribution in [1.82, 2.24) is 9.62 Å². The van der Waals surface area contributed by atoms with Gasteiger partial charge in [-0.05, 0) is 30.2 Å². The van der Waals surface area contributed by atoms with Gasteiger partial charge in [0.2, 0.25) is 10.0 Å². The summed E-state index contributed by atoms with van der Waals surface area (Å²) in [5.74, 6) is 0. The molecule has 1 aliphatic rings. The third-order valence-corrected chi connectivity index (χ3v) is 6.00. The van der Waals surface area contributed by atoms with Crippen molar-refractivity contribution in [2.75, 3.05) is 19.6 Å². The van der Waals surface area contributed by atoms with Gasteiger partial charge in [-0.1, -0.05) is 42.5 Å². The lowest BCUT2D eigenvalue weighted by Gasteiger charge is -2.32. The zero-order valence-electron chi connectivity index (χ0n) is 13.0. The van der Waals surface area contributed by atoms with Gasteiger partial charge in [-0.3, -0.25) is 0 Å². The maximum atomic E-state index is 12.9. The molecule has 6 heteroatoms. The highest BCUT2D eigenvalue weighted by Gasteiger charge is 2.30. The molecule has 0 unspecified atom stereocenters. The molecule has 0 radical (unpaired) electrons. The van der Waals surface area contributed by atoms with Crippen LogP contribution in [0.15, 0.2) is 59.5 Å². The molecular formula is C17H21ClN2O2S. The van der Waals surface area contributed by atoms with Crippen molar-refractivity contribution < 1.29 is 8.42 Å². The van der Waals surface area contributed by atoms with Crippen LogP contribution in [0.4, 0.5) is 0 Å². The van der Waals surface area contributed by atoms with Gasteiger partial charge in [0.15, 0.2) is 0 Å². The minimum atomic E-state index is -3.45. The van der Waals surface area contributed by atoms with Gasteiger partial charge in [0.25, 0.3) is 0 Å². The molecule has 3 rings (SSSR count). The molecule has 23 heavy (non-hydrogen) atoms. The van der Waals surface area contributed by atoms with Crippen molar-refractivity contribution >= 4 is 22.4 Å². The Morgan fingerprint density at radius 3 is 2.43 bits per heavy atom. The molecular weight excluding hydrogens is 332 g/mol. The molecule has 124 valence electrons. The van der Waals surface area contributed by atoms with Crippen LogP contribution in [0.1, 0.15) is 6.92 Å². The van der Waals surface area contributed by atoms with E-state index in [4.69, 9.17) is 0 Å². The summed E-state index contributed by atoms with van der Waals surface area (Å²) in [7, 11) is -3.45. The normalized spacial score (nSPS) is 19.1. The number of hydrogen-bond donors (Lipinski definition) is 1. The Morgan fingerprint density at radius 2 is 1.74 bits per heavy atom. The monoisotopic (exact) mass is 352 g/mol. The zero-order chi connectivity index (χ0) is 15.6. The van der Waals surface area contributed by atoms with Gasteiger partial charge in [-0.15, -0.1) is 12.4 Å². The predicted molar refractivity (Wildman–Crippen MR) is 95.3 cm³/mol. The highest BCUT2D eigenvalue weighted by Crippen LogP contribution is 2.25. The van der Waals surface area contributed by atoms with Crippen LogP contribution in [0.5, 0.6) is 0 Å². The van der Waals surface area contributed by atoms with Crippen molar-refractivity contribution in [3.05, 3.63) is 54.6 Å². The van der Waals surface area contributed by atoms with Gasteiger partial charge in [-0.25, -0.2) is 8.42 Å². The van der Waals surface area contributed by atoms with Crippen molar-refractivity contribution in [3.63, 3.8) is 0 Å². The van der Waals surface area contributed by atoms with Crippen LogP contribution >= 0.6 is 12.4 Å². The fraction of sp³-hybridized carbons (Fsp3) is 0.294. The molecule has 1 fully saturated rings. The van der Waals surface area contributed by atoms with E-state index in [9.17, 15) is 8.42 Å². The summed E-state index contributed by atoms with van der Waals surface area (Å²) in [6.45, 7) is 3.84. The smallest absolute Gasteiger partial charge is 0.243 e. The number of sulfonamides is 1. The van der Waals surface area contributed by atoms with E-state index in [1.54, 1.807) is 16.4 Å². The summed E-state index contributed by atoms with van der Waals surface area (Å²) in [5.41, 5.74) is 1.94. The number of nitrogens with zero attached hydrogens (tertiary/aromatic N) is 1. The molecule has 0 saturated carbocycles. The Labute approximate surface area is 144 Å². The van der Waals surface area contributed by atoms with Crippen LogP contribution in [0.3, 0.4) is 0 Å². The van der Waals surface area contributed by atoms with Crippen molar-refractivity contribution in [2.45, 2.75) is 17.9 Å². The molecule has 4 nitrogen and oxygen atoms in total. The SMILES string of the molecule is C[C@H]1CNCCN1S(=O)(=O)c1cccc(-c2ccccc2)c1.Cl. The number of benzene rings is 2. The average molecular weight is 353 g/mol. The minimum absolute atomic E-state index is 0. The highest BCUT2D eigenvalue weighted by molar-refractivity contribution is 7.89. The molecule has 1 N–H and O–H groups in total. The van der Waals surface area contributed by atoms with Gasteiger partial charge < -0.3 is 5.32 Å². The molecule has 0 aromatic heterocycles. The molecule has 0 amide bonds. The van der Waals surface area contributed by atoms with Gasteiger partial charge in [0.05, 0.1) is 4.90 Å². The summed E-state index contributed by atoms with van der Waals surface area (Å²) in [6, 6.07) is 17.0. The van der Waals surface area contributed by atoms with Crippen LogP contribution < -0.4 is 5.32 Å². The van der Waals surface area contributed by atoms with E-state index in [0.29, 0.717) is 24.5 Å². The second-order valence-corrected chi connectivity index (χ2v) is 7.45. The van der Waals surface area contributed by atoms with Gasteiger partial charge >= 0.3 is 0 Å². The maximum Gasteiger partial charge on any atom is 0.243 e. The summed E-state index contributed by atoms with van der Waals surface area (Å²) >= 11 is 0. The fourth-order valence-electron chi connectivity index (χ4n) is 2.78. The van der Waals surface area contributed by atoms with E-state index in [-0.39, 0.29) is 18.4 Å². The van der Waals surface area contributed by atoms with Gasteiger partial charge in [0.1, 0.15) is 0 Å². The molecule has 0 bridgehead atoms. The largest absolute Gasteiger partial charge is 0.314 e. The number of halogens is 1. The number of piperazine rings is 1. The quantitative estimate of drug-likeness (QED) is 0.924. The first kappa shape index (κ1) is 17.9. The Hall–Kier alpha value is -1.40. The van der Waals surface area contributed by atoms with Crippen LogP contribution in [-0.4, -0.2) is 38.4 Å². The summed E-state index contributed by atoms with van der Waals surface area (Å²) < 4.78 is 27.3.